The number of carbonyl (C=O) groups is 1. The van der Waals surface area contributed by atoms with Crippen LogP contribution in [0.25, 0.3) is 17.1 Å². The van der Waals surface area contributed by atoms with Crippen LogP contribution in [-0.2, 0) is 11.2 Å². The Morgan fingerprint density at radius 3 is 2.58 bits per heavy atom. The molecule has 1 aliphatic heterocycles. The second-order valence-corrected chi connectivity index (χ2v) is 7.53. The van der Waals surface area contributed by atoms with Crippen molar-refractivity contribution >= 4 is 51.3 Å². The van der Waals surface area contributed by atoms with Crippen LogP contribution in [0.15, 0.2) is 65.7 Å². The Kier molecular flexibility index (Phi) is 4.77. The first-order chi connectivity index (χ1) is 12.7. The molecule has 1 fully saturated rings. The van der Waals surface area contributed by atoms with Gasteiger partial charge in [0.25, 0.3) is 5.91 Å². The summed E-state index contributed by atoms with van der Waals surface area (Å²) in [5.74, 6) is -0.0640. The van der Waals surface area contributed by atoms with Gasteiger partial charge in [-0.1, -0.05) is 66.4 Å². The number of nitrogens with zero attached hydrogens (tertiary/aromatic N) is 3. The highest BCUT2D eigenvalue weighted by Crippen LogP contribution is 2.32. The molecule has 0 radical (unpaired) electrons. The fourth-order valence-electron chi connectivity index (χ4n) is 2.75. The second-order valence-electron chi connectivity index (χ2n) is 5.85. The molecule has 0 N–H and O–H groups in total. The Balaban J connectivity index is 1.52. The normalized spacial score (nSPS) is 16.0. The van der Waals surface area contributed by atoms with E-state index in [9.17, 15) is 4.79 Å². The summed E-state index contributed by atoms with van der Waals surface area (Å²) in [5.41, 5.74) is 3.49. The topological polar surface area (TPSA) is 46.1 Å². The van der Waals surface area contributed by atoms with Gasteiger partial charge in [-0.2, -0.15) is 0 Å². The minimum absolute atomic E-state index is 0.0640. The third kappa shape index (κ3) is 3.52. The average molecular weight is 377 g/mol. The maximum atomic E-state index is 12.7. The molecule has 0 aliphatic carbocycles. The van der Waals surface area contributed by atoms with Gasteiger partial charge in [0.15, 0.2) is 0 Å². The predicted molar refractivity (Wildman–Crippen MR) is 110 cm³/mol. The standard InChI is InChI=1S/C20H15N3OS2/c24-19-18(12-15-13-21-16-8-4-5-9-17(16)22-15)26-20(25)23(19)11-10-14-6-2-1-3-7-14/h1-9,12-13H,10-11H2. The monoisotopic (exact) mass is 377 g/mol. The van der Waals surface area contributed by atoms with Crippen molar-refractivity contribution in [2.45, 2.75) is 6.42 Å². The number of rotatable bonds is 4. The zero-order valence-electron chi connectivity index (χ0n) is 13.8. The Bertz CT molecular complexity index is 1020. The van der Waals surface area contributed by atoms with Gasteiger partial charge in [-0.05, 0) is 30.2 Å². The van der Waals surface area contributed by atoms with E-state index in [-0.39, 0.29) is 5.91 Å². The molecule has 0 unspecified atom stereocenters. The summed E-state index contributed by atoms with van der Waals surface area (Å²) in [4.78, 5) is 23.9. The lowest BCUT2D eigenvalue weighted by Crippen LogP contribution is -2.30. The zero-order valence-corrected chi connectivity index (χ0v) is 15.5. The third-order valence-corrected chi connectivity index (χ3v) is 5.46. The van der Waals surface area contributed by atoms with Crippen molar-refractivity contribution in [3.8, 4) is 0 Å². The summed E-state index contributed by atoms with van der Waals surface area (Å²) < 4.78 is 0.589. The molecular formula is C20H15N3OS2. The van der Waals surface area contributed by atoms with Gasteiger partial charge in [0.2, 0.25) is 0 Å². The number of thiocarbonyl (C=S) groups is 1. The van der Waals surface area contributed by atoms with E-state index >= 15 is 0 Å². The molecule has 26 heavy (non-hydrogen) atoms. The van der Waals surface area contributed by atoms with E-state index in [4.69, 9.17) is 12.2 Å². The number of para-hydroxylation sites is 2. The van der Waals surface area contributed by atoms with E-state index in [1.165, 1.54) is 17.3 Å². The van der Waals surface area contributed by atoms with Gasteiger partial charge in [0, 0.05) is 6.54 Å². The largest absolute Gasteiger partial charge is 0.293 e. The van der Waals surface area contributed by atoms with Gasteiger partial charge in [-0.3, -0.25) is 14.7 Å². The van der Waals surface area contributed by atoms with Crippen LogP contribution in [0.4, 0.5) is 0 Å². The zero-order chi connectivity index (χ0) is 17.9. The number of hydrogen-bond acceptors (Lipinski definition) is 5. The first-order valence-corrected chi connectivity index (χ1v) is 9.44. The molecule has 4 rings (SSSR count). The summed E-state index contributed by atoms with van der Waals surface area (Å²) in [6, 6.07) is 17.8. The van der Waals surface area contributed by atoms with Crippen molar-refractivity contribution in [1.82, 2.24) is 14.9 Å². The molecule has 1 saturated heterocycles. The van der Waals surface area contributed by atoms with E-state index < -0.39 is 0 Å². The fourth-order valence-corrected chi connectivity index (χ4v) is 4.05. The molecule has 1 aliphatic rings. The van der Waals surface area contributed by atoms with Crippen LogP contribution in [0.3, 0.4) is 0 Å². The van der Waals surface area contributed by atoms with Crippen molar-refractivity contribution < 1.29 is 4.79 Å². The van der Waals surface area contributed by atoms with Crippen LogP contribution in [0, 0.1) is 0 Å². The van der Waals surface area contributed by atoms with Gasteiger partial charge in [-0.15, -0.1) is 0 Å². The summed E-state index contributed by atoms with van der Waals surface area (Å²) in [6.45, 7) is 0.579. The lowest BCUT2D eigenvalue weighted by molar-refractivity contribution is -0.122. The maximum absolute atomic E-state index is 12.7. The van der Waals surface area contributed by atoms with Crippen LogP contribution in [0.5, 0.6) is 0 Å². The molecule has 6 heteroatoms. The van der Waals surface area contributed by atoms with Crippen molar-refractivity contribution in [2.75, 3.05) is 6.54 Å². The smallest absolute Gasteiger partial charge is 0.266 e. The molecule has 2 aromatic carbocycles. The molecule has 0 atom stereocenters. The van der Waals surface area contributed by atoms with Gasteiger partial charge in [0.05, 0.1) is 27.8 Å². The molecule has 128 valence electrons. The van der Waals surface area contributed by atoms with E-state index in [0.29, 0.717) is 21.5 Å². The molecule has 2 heterocycles. The van der Waals surface area contributed by atoms with E-state index in [2.05, 4.69) is 22.1 Å². The molecule has 3 aromatic rings. The first kappa shape index (κ1) is 16.9. The minimum atomic E-state index is -0.0640. The number of aromatic nitrogens is 2. The molecule has 1 aromatic heterocycles. The Morgan fingerprint density at radius 2 is 1.77 bits per heavy atom. The highest BCUT2D eigenvalue weighted by molar-refractivity contribution is 8.26. The summed E-state index contributed by atoms with van der Waals surface area (Å²) in [7, 11) is 0. The third-order valence-electron chi connectivity index (χ3n) is 4.09. The molecule has 0 bridgehead atoms. The number of benzene rings is 2. The predicted octanol–water partition coefficient (Wildman–Crippen LogP) is 4.07. The quantitative estimate of drug-likeness (QED) is 0.507. The summed E-state index contributed by atoms with van der Waals surface area (Å²) in [6.07, 6.45) is 4.22. The lowest BCUT2D eigenvalue weighted by Gasteiger charge is -2.14. The second kappa shape index (κ2) is 7.35. The summed E-state index contributed by atoms with van der Waals surface area (Å²) >= 11 is 6.71. The summed E-state index contributed by atoms with van der Waals surface area (Å²) in [5, 5.41) is 0. The van der Waals surface area contributed by atoms with Gasteiger partial charge >= 0.3 is 0 Å². The van der Waals surface area contributed by atoms with Gasteiger partial charge in [0.1, 0.15) is 4.32 Å². The number of amides is 1. The van der Waals surface area contributed by atoms with Crippen molar-refractivity contribution in [2.24, 2.45) is 0 Å². The molecule has 1 amide bonds. The van der Waals surface area contributed by atoms with Gasteiger partial charge < -0.3 is 0 Å². The van der Waals surface area contributed by atoms with E-state index in [1.807, 2.05) is 42.5 Å². The van der Waals surface area contributed by atoms with E-state index in [0.717, 1.165) is 17.5 Å². The molecular weight excluding hydrogens is 362 g/mol. The molecule has 4 nitrogen and oxygen atoms in total. The Labute approximate surface area is 161 Å². The van der Waals surface area contributed by atoms with Crippen LogP contribution in [0.2, 0.25) is 0 Å². The maximum Gasteiger partial charge on any atom is 0.266 e. The highest BCUT2D eigenvalue weighted by Gasteiger charge is 2.31. The number of carbonyl (C=O) groups excluding carboxylic acids is 1. The van der Waals surface area contributed by atoms with E-state index in [1.54, 1.807) is 17.2 Å². The number of fused-ring (bicyclic) bond motifs is 1. The first-order valence-electron chi connectivity index (χ1n) is 8.22. The van der Waals surface area contributed by atoms with Crippen LogP contribution >= 0.6 is 24.0 Å². The molecule has 0 spiro atoms. The lowest BCUT2D eigenvalue weighted by atomic mass is 10.1. The van der Waals surface area contributed by atoms with Crippen molar-refractivity contribution in [3.63, 3.8) is 0 Å². The van der Waals surface area contributed by atoms with Crippen molar-refractivity contribution in [1.29, 1.82) is 0 Å². The molecule has 0 saturated carbocycles. The van der Waals surface area contributed by atoms with Crippen LogP contribution in [0.1, 0.15) is 11.3 Å². The fraction of sp³-hybridized carbons (Fsp3) is 0.100. The SMILES string of the molecule is O=C1C(=Cc2cnc3ccccc3n2)SC(=S)N1CCc1ccccc1. The number of thioether (sulfide) groups is 1. The van der Waals surface area contributed by atoms with Crippen LogP contribution in [-0.4, -0.2) is 31.6 Å². The average Bonchev–Trinajstić information content (AvgIpc) is 2.94. The Hall–Kier alpha value is -2.57. The Morgan fingerprint density at radius 1 is 1.04 bits per heavy atom. The highest BCUT2D eigenvalue weighted by atomic mass is 32.2. The van der Waals surface area contributed by atoms with Crippen molar-refractivity contribution in [3.05, 3.63) is 77.0 Å². The van der Waals surface area contributed by atoms with Crippen LogP contribution < -0.4 is 0 Å². The minimum Gasteiger partial charge on any atom is -0.293 e. The van der Waals surface area contributed by atoms with Gasteiger partial charge in [-0.25, -0.2) is 4.98 Å². The number of hydrogen-bond donors (Lipinski definition) is 0.